The van der Waals surface area contributed by atoms with Crippen LogP contribution >= 0.6 is 0 Å². The van der Waals surface area contributed by atoms with Crippen molar-refractivity contribution in [3.8, 4) is 0 Å². The summed E-state index contributed by atoms with van der Waals surface area (Å²) >= 11 is 0. The molecule has 0 bridgehead atoms. The van der Waals surface area contributed by atoms with Gasteiger partial charge in [0, 0.05) is 24.5 Å². The van der Waals surface area contributed by atoms with Crippen LogP contribution in [0.5, 0.6) is 0 Å². The number of rotatable bonds is 5. The summed E-state index contributed by atoms with van der Waals surface area (Å²) in [4.78, 5) is 14.4. The van der Waals surface area contributed by atoms with Crippen LogP contribution in [0.4, 0.5) is 5.69 Å². The van der Waals surface area contributed by atoms with E-state index in [1.54, 1.807) is 0 Å². The predicted octanol–water partition coefficient (Wildman–Crippen LogP) is 1.76. The largest absolute Gasteiger partial charge is 0.308 e. The van der Waals surface area contributed by atoms with Crippen LogP contribution in [0.25, 0.3) is 0 Å². The quantitative estimate of drug-likeness (QED) is 0.856. The van der Waals surface area contributed by atoms with Gasteiger partial charge < -0.3 is 10.2 Å². The first kappa shape index (κ1) is 14.8. The standard InChI is InChI=1S/C17H22N4O/c1-13-10-19-20(12-13)8-7-18-11-17(22)21-14(2)9-15-5-3-4-6-16(15)21/h3-6,10,12,14,18H,7-9,11H2,1-2H3/t14-/m0/s1. The molecule has 1 aromatic carbocycles. The molecule has 116 valence electrons. The van der Waals surface area contributed by atoms with E-state index in [2.05, 4.69) is 23.4 Å². The highest BCUT2D eigenvalue weighted by atomic mass is 16.2. The second-order valence-corrected chi connectivity index (χ2v) is 5.90. The maximum Gasteiger partial charge on any atom is 0.241 e. The van der Waals surface area contributed by atoms with Crippen molar-refractivity contribution >= 4 is 11.6 Å². The lowest BCUT2D eigenvalue weighted by atomic mass is 10.1. The summed E-state index contributed by atoms with van der Waals surface area (Å²) in [5, 5.41) is 7.45. The highest BCUT2D eigenvalue weighted by Crippen LogP contribution is 2.31. The number of fused-ring (bicyclic) bond motifs is 1. The fraction of sp³-hybridized carbons (Fsp3) is 0.412. The number of hydrogen-bond donors (Lipinski definition) is 1. The van der Waals surface area contributed by atoms with Gasteiger partial charge in [-0.15, -0.1) is 0 Å². The Bertz CT molecular complexity index is 664. The van der Waals surface area contributed by atoms with Crippen LogP contribution in [-0.2, 0) is 17.8 Å². The molecule has 1 aromatic heterocycles. The summed E-state index contributed by atoms with van der Waals surface area (Å²) in [6, 6.07) is 8.39. The average Bonchev–Trinajstić information content (AvgIpc) is 3.05. The highest BCUT2D eigenvalue weighted by molar-refractivity contribution is 5.97. The zero-order valence-corrected chi connectivity index (χ0v) is 13.1. The molecule has 1 aliphatic rings. The SMILES string of the molecule is Cc1cnn(CCNCC(=O)N2c3ccccc3C[C@@H]2C)c1. The third-order valence-corrected chi connectivity index (χ3v) is 4.03. The molecule has 0 spiro atoms. The number of benzene rings is 1. The molecule has 0 unspecified atom stereocenters. The van der Waals surface area contributed by atoms with E-state index in [0.29, 0.717) is 6.54 Å². The monoisotopic (exact) mass is 298 g/mol. The minimum absolute atomic E-state index is 0.133. The molecule has 0 fully saturated rings. The lowest BCUT2D eigenvalue weighted by Crippen LogP contribution is -2.42. The number of carbonyl (C=O) groups is 1. The van der Waals surface area contributed by atoms with Gasteiger partial charge in [-0.05, 0) is 37.5 Å². The Labute approximate surface area is 130 Å². The van der Waals surface area contributed by atoms with Crippen molar-refractivity contribution in [3.05, 3.63) is 47.8 Å². The minimum Gasteiger partial charge on any atom is -0.308 e. The normalized spacial score (nSPS) is 16.8. The lowest BCUT2D eigenvalue weighted by molar-refractivity contribution is -0.118. The maximum atomic E-state index is 12.5. The van der Waals surface area contributed by atoms with E-state index in [-0.39, 0.29) is 11.9 Å². The van der Waals surface area contributed by atoms with Gasteiger partial charge in [0.05, 0.1) is 19.3 Å². The number of nitrogens with one attached hydrogen (secondary N) is 1. The second-order valence-electron chi connectivity index (χ2n) is 5.90. The van der Waals surface area contributed by atoms with Gasteiger partial charge in [-0.3, -0.25) is 9.48 Å². The van der Waals surface area contributed by atoms with Crippen molar-refractivity contribution in [2.24, 2.45) is 0 Å². The van der Waals surface area contributed by atoms with Crippen LogP contribution in [0.15, 0.2) is 36.7 Å². The number of nitrogens with zero attached hydrogens (tertiary/aromatic N) is 3. The fourth-order valence-electron chi connectivity index (χ4n) is 3.01. The molecule has 2 aromatic rings. The Kier molecular flexibility index (Phi) is 4.24. The van der Waals surface area contributed by atoms with Crippen LogP contribution in [0.3, 0.4) is 0 Å². The van der Waals surface area contributed by atoms with Gasteiger partial charge in [-0.1, -0.05) is 18.2 Å². The predicted molar refractivity (Wildman–Crippen MR) is 86.9 cm³/mol. The first-order chi connectivity index (χ1) is 10.6. The number of carbonyl (C=O) groups excluding carboxylic acids is 1. The van der Waals surface area contributed by atoms with Gasteiger partial charge in [-0.2, -0.15) is 5.10 Å². The first-order valence-electron chi connectivity index (χ1n) is 7.75. The molecule has 3 rings (SSSR count). The summed E-state index contributed by atoms with van der Waals surface area (Å²) < 4.78 is 1.89. The number of anilines is 1. The minimum atomic E-state index is 0.133. The average molecular weight is 298 g/mol. The molecular weight excluding hydrogens is 276 g/mol. The summed E-state index contributed by atoms with van der Waals surface area (Å²) in [5.74, 6) is 0.133. The number of para-hydroxylation sites is 1. The summed E-state index contributed by atoms with van der Waals surface area (Å²) in [7, 11) is 0. The molecule has 1 aliphatic heterocycles. The van der Waals surface area contributed by atoms with E-state index in [9.17, 15) is 4.79 Å². The molecular formula is C17H22N4O. The van der Waals surface area contributed by atoms with Gasteiger partial charge in [-0.25, -0.2) is 0 Å². The van der Waals surface area contributed by atoms with Crippen molar-refractivity contribution in [2.45, 2.75) is 32.9 Å². The zero-order valence-electron chi connectivity index (χ0n) is 13.1. The lowest BCUT2D eigenvalue weighted by Gasteiger charge is -2.23. The van der Waals surface area contributed by atoms with E-state index in [1.165, 1.54) is 5.56 Å². The Balaban J connectivity index is 1.52. The molecule has 1 amide bonds. The molecule has 1 N–H and O–H groups in total. The molecule has 5 nitrogen and oxygen atoms in total. The molecule has 0 saturated carbocycles. The van der Waals surface area contributed by atoms with Gasteiger partial charge >= 0.3 is 0 Å². The number of aryl methyl sites for hydroxylation is 1. The second kappa shape index (κ2) is 6.32. The number of hydrogen-bond acceptors (Lipinski definition) is 3. The zero-order chi connectivity index (χ0) is 15.5. The molecule has 2 heterocycles. The van der Waals surface area contributed by atoms with Gasteiger partial charge in [0.15, 0.2) is 0 Å². The maximum absolute atomic E-state index is 12.5. The van der Waals surface area contributed by atoms with Crippen LogP contribution in [0.2, 0.25) is 0 Å². The van der Waals surface area contributed by atoms with Crippen LogP contribution < -0.4 is 10.2 Å². The van der Waals surface area contributed by atoms with Crippen LogP contribution in [-0.4, -0.2) is 34.8 Å². The highest BCUT2D eigenvalue weighted by Gasteiger charge is 2.29. The van der Waals surface area contributed by atoms with Crippen molar-refractivity contribution < 1.29 is 4.79 Å². The summed E-state index contributed by atoms with van der Waals surface area (Å²) in [6.07, 6.45) is 4.78. The summed E-state index contributed by atoms with van der Waals surface area (Å²) in [6.45, 7) is 5.99. The van der Waals surface area contributed by atoms with Crippen molar-refractivity contribution in [2.75, 3.05) is 18.0 Å². The van der Waals surface area contributed by atoms with Gasteiger partial charge in [0.25, 0.3) is 0 Å². The molecule has 22 heavy (non-hydrogen) atoms. The van der Waals surface area contributed by atoms with Crippen LogP contribution in [0, 0.1) is 6.92 Å². The molecule has 5 heteroatoms. The van der Waals surface area contributed by atoms with Gasteiger partial charge in [0.1, 0.15) is 0 Å². The topological polar surface area (TPSA) is 50.2 Å². The smallest absolute Gasteiger partial charge is 0.241 e. The Morgan fingerprint density at radius 1 is 1.41 bits per heavy atom. The molecule has 1 atom stereocenters. The van der Waals surface area contributed by atoms with Crippen molar-refractivity contribution in [1.82, 2.24) is 15.1 Å². The molecule has 0 saturated heterocycles. The fourth-order valence-corrected chi connectivity index (χ4v) is 3.01. The van der Waals surface area contributed by atoms with E-state index in [4.69, 9.17) is 0 Å². The Morgan fingerprint density at radius 3 is 3.00 bits per heavy atom. The molecule has 0 radical (unpaired) electrons. The van der Waals surface area contributed by atoms with Gasteiger partial charge in [0.2, 0.25) is 5.91 Å². The van der Waals surface area contributed by atoms with Crippen molar-refractivity contribution in [3.63, 3.8) is 0 Å². The van der Waals surface area contributed by atoms with E-state index in [0.717, 1.165) is 30.8 Å². The Morgan fingerprint density at radius 2 is 2.23 bits per heavy atom. The van der Waals surface area contributed by atoms with Crippen LogP contribution in [0.1, 0.15) is 18.1 Å². The number of amides is 1. The third kappa shape index (κ3) is 3.04. The third-order valence-electron chi connectivity index (χ3n) is 4.03. The Hall–Kier alpha value is -2.14. The molecule has 0 aliphatic carbocycles. The number of aromatic nitrogens is 2. The van der Waals surface area contributed by atoms with E-state index >= 15 is 0 Å². The van der Waals surface area contributed by atoms with Crippen molar-refractivity contribution in [1.29, 1.82) is 0 Å². The van der Waals surface area contributed by atoms with E-state index in [1.807, 2.05) is 47.1 Å². The van der Waals surface area contributed by atoms with E-state index < -0.39 is 0 Å². The summed E-state index contributed by atoms with van der Waals surface area (Å²) in [5.41, 5.74) is 3.47. The first-order valence-corrected chi connectivity index (χ1v) is 7.75.